The first-order valence-electron chi connectivity index (χ1n) is 7.70. The lowest BCUT2D eigenvalue weighted by molar-refractivity contribution is -0.124. The molecule has 3 rings (SSSR count). The van der Waals surface area contributed by atoms with Gasteiger partial charge in [0.2, 0.25) is 5.91 Å². The Morgan fingerprint density at radius 3 is 2.64 bits per heavy atom. The maximum absolute atomic E-state index is 12.1. The molecule has 1 N–H and O–H groups in total. The molecule has 22 heavy (non-hydrogen) atoms. The highest BCUT2D eigenvalue weighted by Crippen LogP contribution is 2.20. The number of anilines is 1. The highest BCUT2D eigenvalue weighted by Gasteiger charge is 2.15. The average molecular weight is 299 g/mol. The lowest BCUT2D eigenvalue weighted by Crippen LogP contribution is -2.30. The van der Waals surface area contributed by atoms with E-state index in [4.69, 9.17) is 0 Å². The number of carbonyl (C=O) groups is 1. The van der Waals surface area contributed by atoms with Gasteiger partial charge in [-0.1, -0.05) is 12.1 Å². The maximum atomic E-state index is 12.1. The van der Waals surface area contributed by atoms with Crippen LogP contribution >= 0.6 is 0 Å². The predicted molar refractivity (Wildman–Crippen MR) is 84.5 cm³/mol. The summed E-state index contributed by atoms with van der Waals surface area (Å²) in [6.45, 7) is 4.62. The zero-order valence-corrected chi connectivity index (χ0v) is 12.8. The number of carbonyl (C=O) groups excluding carboxylic acids is 1. The second-order valence-corrected chi connectivity index (χ2v) is 5.63. The van der Waals surface area contributed by atoms with Gasteiger partial charge in [0.15, 0.2) is 0 Å². The SMILES string of the molecule is C[C@@H](C(=O)NCc1ccc(N2CCCC2)cc1)n1cncn1. The summed E-state index contributed by atoms with van der Waals surface area (Å²) in [4.78, 5) is 18.3. The molecule has 1 aliphatic rings. The molecule has 0 aliphatic carbocycles. The van der Waals surface area contributed by atoms with E-state index in [1.54, 1.807) is 17.9 Å². The van der Waals surface area contributed by atoms with E-state index in [1.807, 2.05) is 0 Å². The summed E-state index contributed by atoms with van der Waals surface area (Å²) in [5, 5.41) is 6.92. The van der Waals surface area contributed by atoms with Gasteiger partial charge >= 0.3 is 0 Å². The molecule has 116 valence electrons. The number of rotatable bonds is 5. The molecule has 1 amide bonds. The lowest BCUT2D eigenvalue weighted by Gasteiger charge is -2.18. The average Bonchev–Trinajstić information content (AvgIpc) is 3.25. The molecule has 0 unspecified atom stereocenters. The van der Waals surface area contributed by atoms with Gasteiger partial charge in [-0.25, -0.2) is 9.67 Å². The van der Waals surface area contributed by atoms with E-state index in [-0.39, 0.29) is 11.9 Å². The van der Waals surface area contributed by atoms with Crippen LogP contribution in [0, 0.1) is 0 Å². The second-order valence-electron chi connectivity index (χ2n) is 5.63. The Bertz CT molecular complexity index is 602. The molecule has 2 aromatic rings. The van der Waals surface area contributed by atoms with Crippen LogP contribution in [0.15, 0.2) is 36.9 Å². The fourth-order valence-corrected chi connectivity index (χ4v) is 2.67. The van der Waals surface area contributed by atoms with Crippen LogP contribution < -0.4 is 10.2 Å². The van der Waals surface area contributed by atoms with Crippen LogP contribution in [0.25, 0.3) is 0 Å². The van der Waals surface area contributed by atoms with Crippen LogP contribution in [0.1, 0.15) is 31.4 Å². The van der Waals surface area contributed by atoms with Crippen LogP contribution in [0.3, 0.4) is 0 Å². The maximum Gasteiger partial charge on any atom is 0.244 e. The number of hydrogen-bond donors (Lipinski definition) is 1. The number of nitrogens with zero attached hydrogens (tertiary/aromatic N) is 4. The Hall–Kier alpha value is -2.37. The zero-order valence-electron chi connectivity index (χ0n) is 12.8. The van der Waals surface area contributed by atoms with Crippen molar-refractivity contribution in [2.75, 3.05) is 18.0 Å². The van der Waals surface area contributed by atoms with Gasteiger partial charge in [-0.3, -0.25) is 4.79 Å². The van der Waals surface area contributed by atoms with Crippen molar-refractivity contribution in [2.45, 2.75) is 32.4 Å². The molecule has 1 fully saturated rings. The third kappa shape index (κ3) is 3.27. The van der Waals surface area contributed by atoms with Crippen molar-refractivity contribution >= 4 is 11.6 Å². The molecule has 1 saturated heterocycles. The minimum Gasteiger partial charge on any atom is -0.372 e. The molecule has 0 spiro atoms. The normalized spacial score (nSPS) is 15.8. The number of aromatic nitrogens is 3. The second kappa shape index (κ2) is 6.60. The molecule has 1 aromatic carbocycles. The molecule has 1 atom stereocenters. The summed E-state index contributed by atoms with van der Waals surface area (Å²) in [6.07, 6.45) is 5.53. The van der Waals surface area contributed by atoms with Crippen molar-refractivity contribution in [2.24, 2.45) is 0 Å². The fraction of sp³-hybridized carbons (Fsp3) is 0.438. The highest BCUT2D eigenvalue weighted by atomic mass is 16.2. The Morgan fingerprint density at radius 1 is 1.27 bits per heavy atom. The van der Waals surface area contributed by atoms with Crippen molar-refractivity contribution in [3.63, 3.8) is 0 Å². The van der Waals surface area contributed by atoms with Crippen molar-refractivity contribution in [3.05, 3.63) is 42.5 Å². The van der Waals surface area contributed by atoms with Gasteiger partial charge in [-0.15, -0.1) is 0 Å². The number of nitrogens with one attached hydrogen (secondary N) is 1. The van der Waals surface area contributed by atoms with Crippen LogP contribution in [0.2, 0.25) is 0 Å². The number of amides is 1. The van der Waals surface area contributed by atoms with Gasteiger partial charge in [0.25, 0.3) is 0 Å². The lowest BCUT2D eigenvalue weighted by atomic mass is 10.2. The number of hydrogen-bond acceptors (Lipinski definition) is 4. The minimum absolute atomic E-state index is 0.0610. The van der Waals surface area contributed by atoms with E-state index in [0.717, 1.165) is 18.7 Å². The first-order chi connectivity index (χ1) is 10.7. The molecule has 6 heteroatoms. The van der Waals surface area contributed by atoms with Crippen molar-refractivity contribution in [1.82, 2.24) is 20.1 Å². The van der Waals surface area contributed by atoms with Gasteiger partial charge in [0, 0.05) is 25.3 Å². The van der Waals surface area contributed by atoms with Crippen LogP contribution in [-0.4, -0.2) is 33.8 Å². The van der Waals surface area contributed by atoms with Crippen LogP contribution in [-0.2, 0) is 11.3 Å². The Kier molecular flexibility index (Phi) is 4.37. The highest BCUT2D eigenvalue weighted by molar-refractivity contribution is 5.79. The van der Waals surface area contributed by atoms with Crippen LogP contribution in [0.4, 0.5) is 5.69 Å². The standard InChI is InChI=1S/C16H21N5O/c1-13(21-12-17-11-19-21)16(22)18-10-14-4-6-15(7-5-14)20-8-2-3-9-20/h4-7,11-13H,2-3,8-10H2,1H3,(H,18,22)/t13-/m0/s1. The molecule has 2 heterocycles. The van der Waals surface area contributed by atoms with Crippen molar-refractivity contribution in [3.8, 4) is 0 Å². The Morgan fingerprint density at radius 2 is 2.00 bits per heavy atom. The third-order valence-electron chi connectivity index (χ3n) is 4.09. The molecular weight excluding hydrogens is 278 g/mol. The molecule has 6 nitrogen and oxygen atoms in total. The molecule has 0 saturated carbocycles. The number of benzene rings is 1. The minimum atomic E-state index is -0.355. The molecular formula is C16H21N5O. The van der Waals surface area contributed by atoms with E-state index in [2.05, 4.69) is 44.6 Å². The van der Waals surface area contributed by atoms with Gasteiger partial charge in [0.05, 0.1) is 0 Å². The van der Waals surface area contributed by atoms with E-state index in [9.17, 15) is 4.79 Å². The Labute approximate surface area is 130 Å². The van der Waals surface area contributed by atoms with E-state index >= 15 is 0 Å². The van der Waals surface area contributed by atoms with Gasteiger partial charge in [-0.2, -0.15) is 5.10 Å². The summed E-state index contributed by atoms with van der Waals surface area (Å²) < 4.78 is 1.55. The van der Waals surface area contributed by atoms with Crippen molar-refractivity contribution < 1.29 is 4.79 Å². The third-order valence-corrected chi connectivity index (χ3v) is 4.09. The fourth-order valence-electron chi connectivity index (χ4n) is 2.67. The Balaban J connectivity index is 1.53. The molecule has 1 aliphatic heterocycles. The van der Waals surface area contributed by atoms with Crippen molar-refractivity contribution in [1.29, 1.82) is 0 Å². The first kappa shape index (κ1) is 14.6. The monoisotopic (exact) mass is 299 g/mol. The predicted octanol–water partition coefficient (Wildman–Crippen LogP) is 1.76. The van der Waals surface area contributed by atoms with E-state index in [1.165, 1.54) is 24.9 Å². The summed E-state index contributed by atoms with van der Waals surface area (Å²) >= 11 is 0. The first-order valence-corrected chi connectivity index (χ1v) is 7.70. The summed E-state index contributed by atoms with van der Waals surface area (Å²) in [5.74, 6) is -0.0610. The van der Waals surface area contributed by atoms with E-state index < -0.39 is 0 Å². The van der Waals surface area contributed by atoms with Gasteiger partial charge < -0.3 is 10.2 Å². The molecule has 0 bridgehead atoms. The topological polar surface area (TPSA) is 63.1 Å². The smallest absolute Gasteiger partial charge is 0.244 e. The quantitative estimate of drug-likeness (QED) is 0.913. The molecule has 1 aromatic heterocycles. The summed E-state index contributed by atoms with van der Waals surface area (Å²) in [5.41, 5.74) is 2.37. The van der Waals surface area contributed by atoms with Gasteiger partial charge in [-0.05, 0) is 37.5 Å². The van der Waals surface area contributed by atoms with Gasteiger partial charge in [0.1, 0.15) is 18.7 Å². The summed E-state index contributed by atoms with van der Waals surface area (Å²) in [7, 11) is 0. The zero-order chi connectivity index (χ0) is 15.4. The molecule has 0 radical (unpaired) electrons. The van der Waals surface area contributed by atoms with E-state index in [0.29, 0.717) is 6.54 Å². The van der Waals surface area contributed by atoms with Crippen LogP contribution in [0.5, 0.6) is 0 Å². The summed E-state index contributed by atoms with van der Waals surface area (Å²) in [6, 6.07) is 8.06. The largest absolute Gasteiger partial charge is 0.372 e.